The largest absolute Gasteiger partial charge is 0.485 e. The van der Waals surface area contributed by atoms with E-state index < -0.39 is 23.5 Å². The third-order valence-electron chi connectivity index (χ3n) is 5.17. The number of rotatable bonds is 10. The topological polar surface area (TPSA) is 80.9 Å². The van der Waals surface area contributed by atoms with Crippen LogP contribution >= 0.6 is 0 Å². The quantitative estimate of drug-likeness (QED) is 0.460. The van der Waals surface area contributed by atoms with Crippen molar-refractivity contribution in [3.63, 3.8) is 0 Å². The van der Waals surface area contributed by atoms with Crippen molar-refractivity contribution in [2.24, 2.45) is 5.92 Å². The maximum absolute atomic E-state index is 13.9. The number of Topliss-reactive ketones (excluding diaryl/α,β-unsaturated/α-hetero) is 1. The number of nitrogens with zero attached hydrogens (tertiary/aromatic N) is 2. The van der Waals surface area contributed by atoms with E-state index in [-0.39, 0.29) is 35.8 Å². The Kier molecular flexibility index (Phi) is 6.99. The highest BCUT2D eigenvalue weighted by atomic mass is 19.1. The highest BCUT2D eigenvalue weighted by molar-refractivity contribution is 5.98. The third kappa shape index (κ3) is 4.90. The number of hydrogen-bond donors (Lipinski definition) is 1. The maximum Gasteiger partial charge on any atom is 0.306 e. The van der Waals surface area contributed by atoms with Crippen LogP contribution in [0.5, 0.6) is 5.75 Å². The Morgan fingerprint density at radius 2 is 1.90 bits per heavy atom. The van der Waals surface area contributed by atoms with Crippen molar-refractivity contribution in [1.29, 1.82) is 0 Å². The first-order valence-electron chi connectivity index (χ1n) is 10.1. The summed E-state index contributed by atoms with van der Waals surface area (Å²) < 4.78 is 34.9. The van der Waals surface area contributed by atoms with E-state index in [0.717, 1.165) is 25.0 Å². The molecule has 0 saturated carbocycles. The molecule has 3 aromatic rings. The Labute approximate surface area is 178 Å². The van der Waals surface area contributed by atoms with Crippen molar-refractivity contribution in [3.05, 3.63) is 65.1 Å². The fraction of sp³-hybridized carbons (Fsp3) is 0.348. The Bertz CT molecular complexity index is 1090. The molecule has 1 atom stereocenters. The van der Waals surface area contributed by atoms with E-state index in [1.807, 2.05) is 6.92 Å². The minimum absolute atomic E-state index is 0.129. The highest BCUT2D eigenvalue weighted by Gasteiger charge is 2.25. The van der Waals surface area contributed by atoms with E-state index in [1.165, 1.54) is 10.5 Å². The molecule has 0 aliphatic carbocycles. The minimum atomic E-state index is -0.996. The van der Waals surface area contributed by atoms with E-state index in [1.54, 1.807) is 25.3 Å². The van der Waals surface area contributed by atoms with Crippen molar-refractivity contribution in [2.75, 3.05) is 0 Å². The number of carboxylic acid groups (broad SMARTS) is 1. The lowest BCUT2D eigenvalue weighted by atomic mass is 9.95. The van der Waals surface area contributed by atoms with Crippen LogP contribution in [0.3, 0.4) is 0 Å². The van der Waals surface area contributed by atoms with Gasteiger partial charge in [0, 0.05) is 12.6 Å². The zero-order valence-electron chi connectivity index (χ0n) is 17.4. The van der Waals surface area contributed by atoms with E-state index in [2.05, 4.69) is 4.98 Å². The highest BCUT2D eigenvalue weighted by Crippen LogP contribution is 2.26. The molecule has 1 unspecified atom stereocenters. The maximum atomic E-state index is 13.9. The summed E-state index contributed by atoms with van der Waals surface area (Å²) in [7, 11) is 0. The number of aliphatic carboxylic acids is 1. The molecule has 0 saturated heterocycles. The molecule has 8 heteroatoms. The first kappa shape index (κ1) is 22.4. The number of unbranched alkanes of at least 4 members (excludes halogenated alkanes) is 1. The smallest absolute Gasteiger partial charge is 0.306 e. The van der Waals surface area contributed by atoms with Gasteiger partial charge in [-0.05, 0) is 37.6 Å². The van der Waals surface area contributed by atoms with Crippen LogP contribution in [-0.4, -0.2) is 26.2 Å². The normalized spacial score (nSPS) is 12.1. The van der Waals surface area contributed by atoms with Crippen molar-refractivity contribution < 1.29 is 28.2 Å². The predicted molar refractivity (Wildman–Crippen MR) is 110 cm³/mol. The molecule has 0 aliphatic heterocycles. The summed E-state index contributed by atoms with van der Waals surface area (Å²) in [6.07, 6.45) is 3.49. The second-order valence-electron chi connectivity index (χ2n) is 7.41. The van der Waals surface area contributed by atoms with Crippen LogP contribution in [0.15, 0.2) is 36.5 Å². The van der Waals surface area contributed by atoms with E-state index in [4.69, 9.17) is 4.74 Å². The average Bonchev–Trinajstić information content (AvgIpc) is 3.07. The number of carbonyl (C=O) groups excluding carboxylic acids is 1. The number of fused-ring (bicyclic) bond motifs is 1. The number of pyridine rings is 1. The van der Waals surface area contributed by atoms with Gasteiger partial charge in [0.05, 0.1) is 17.2 Å². The number of benzene rings is 1. The fourth-order valence-corrected chi connectivity index (χ4v) is 3.51. The van der Waals surface area contributed by atoms with E-state index in [9.17, 15) is 23.5 Å². The zero-order valence-corrected chi connectivity index (χ0v) is 17.4. The molecule has 164 valence electrons. The van der Waals surface area contributed by atoms with Gasteiger partial charge >= 0.3 is 5.97 Å². The summed E-state index contributed by atoms with van der Waals surface area (Å²) in [5, 5.41) is 9.44. The Morgan fingerprint density at radius 1 is 1.19 bits per heavy atom. The number of aryl methyl sites for hydroxylation is 1. The number of aromatic nitrogens is 2. The average molecular weight is 430 g/mol. The van der Waals surface area contributed by atoms with Crippen LogP contribution < -0.4 is 4.74 Å². The van der Waals surface area contributed by atoms with Gasteiger partial charge in [0.2, 0.25) is 0 Å². The summed E-state index contributed by atoms with van der Waals surface area (Å²) in [5.41, 5.74) is 0.822. The lowest BCUT2D eigenvalue weighted by Gasteiger charge is -2.12. The van der Waals surface area contributed by atoms with Gasteiger partial charge in [-0.3, -0.25) is 14.0 Å². The Hall–Kier alpha value is -3.29. The first-order valence-corrected chi connectivity index (χ1v) is 10.1. The second kappa shape index (κ2) is 9.68. The molecule has 0 spiro atoms. The Balaban J connectivity index is 1.87. The standard InChI is InChI=1S/C23H24F2N2O4/c1-3-4-7-15(23(29)30)12-19(28)21-14(2)26-22-20(10-6-11-27(21)22)31-13-16-17(24)8-5-9-18(16)25/h5-6,8-11,15H,3-4,7,12-13H2,1-2H3,(H,29,30). The summed E-state index contributed by atoms with van der Waals surface area (Å²) in [6, 6.07) is 6.79. The van der Waals surface area contributed by atoms with Gasteiger partial charge in [0.15, 0.2) is 17.2 Å². The summed E-state index contributed by atoms with van der Waals surface area (Å²) in [5.74, 6) is -3.26. The molecule has 2 heterocycles. The predicted octanol–water partition coefficient (Wildman–Crippen LogP) is 4.96. The molecule has 31 heavy (non-hydrogen) atoms. The minimum Gasteiger partial charge on any atom is -0.485 e. The second-order valence-corrected chi connectivity index (χ2v) is 7.41. The number of carboxylic acids is 1. The molecule has 3 rings (SSSR count). The van der Waals surface area contributed by atoms with Crippen LogP contribution in [-0.2, 0) is 11.4 Å². The molecule has 0 amide bonds. The number of halogens is 2. The summed E-state index contributed by atoms with van der Waals surface area (Å²) in [4.78, 5) is 28.9. The van der Waals surface area contributed by atoms with Gasteiger partial charge in [0.25, 0.3) is 0 Å². The molecule has 6 nitrogen and oxygen atoms in total. The zero-order chi connectivity index (χ0) is 22.5. The molecule has 1 N–H and O–H groups in total. The van der Waals surface area contributed by atoms with Crippen molar-refractivity contribution in [1.82, 2.24) is 9.38 Å². The monoisotopic (exact) mass is 430 g/mol. The molecule has 0 aliphatic rings. The van der Waals surface area contributed by atoms with Crippen LogP contribution in [0.4, 0.5) is 8.78 Å². The van der Waals surface area contributed by atoms with Crippen LogP contribution in [0.25, 0.3) is 5.65 Å². The molecule has 1 aromatic carbocycles. The number of ether oxygens (including phenoxy) is 1. The van der Waals surface area contributed by atoms with Crippen LogP contribution in [0.1, 0.15) is 54.4 Å². The van der Waals surface area contributed by atoms with Crippen molar-refractivity contribution in [3.8, 4) is 5.75 Å². The molecule has 0 radical (unpaired) electrons. The first-order chi connectivity index (χ1) is 14.8. The number of imidazole rings is 1. The van der Waals surface area contributed by atoms with E-state index >= 15 is 0 Å². The molecular weight excluding hydrogens is 406 g/mol. The summed E-state index contributed by atoms with van der Waals surface area (Å²) >= 11 is 0. The van der Waals surface area contributed by atoms with Crippen LogP contribution in [0, 0.1) is 24.5 Å². The van der Waals surface area contributed by atoms with Gasteiger partial charge in [-0.2, -0.15) is 0 Å². The number of ketones is 1. The number of carbonyl (C=O) groups is 2. The Morgan fingerprint density at radius 3 is 2.55 bits per heavy atom. The van der Waals surface area contributed by atoms with Crippen LogP contribution in [0.2, 0.25) is 0 Å². The van der Waals surface area contributed by atoms with Gasteiger partial charge in [-0.25, -0.2) is 13.8 Å². The molecular formula is C23H24F2N2O4. The van der Waals surface area contributed by atoms with E-state index in [0.29, 0.717) is 17.8 Å². The fourth-order valence-electron chi connectivity index (χ4n) is 3.51. The number of hydrogen-bond acceptors (Lipinski definition) is 4. The van der Waals surface area contributed by atoms with Gasteiger partial charge < -0.3 is 9.84 Å². The SMILES string of the molecule is CCCCC(CC(=O)c1c(C)nc2c(OCc3c(F)cccc3F)cccn12)C(=O)O. The van der Waals surface area contributed by atoms with Gasteiger partial charge in [-0.1, -0.05) is 25.8 Å². The molecule has 2 aromatic heterocycles. The molecule has 0 fully saturated rings. The molecule has 0 bridgehead atoms. The third-order valence-corrected chi connectivity index (χ3v) is 5.17. The van der Waals surface area contributed by atoms with Crippen molar-refractivity contribution in [2.45, 2.75) is 46.1 Å². The lowest BCUT2D eigenvalue weighted by Crippen LogP contribution is -2.19. The van der Waals surface area contributed by atoms with Gasteiger partial charge in [-0.15, -0.1) is 0 Å². The summed E-state index contributed by atoms with van der Waals surface area (Å²) in [6.45, 7) is 3.28. The van der Waals surface area contributed by atoms with Crippen molar-refractivity contribution >= 4 is 17.4 Å². The lowest BCUT2D eigenvalue weighted by molar-refractivity contribution is -0.141. The van der Waals surface area contributed by atoms with Gasteiger partial charge in [0.1, 0.15) is 23.9 Å².